The highest BCUT2D eigenvalue weighted by Crippen LogP contribution is 2.38. The first kappa shape index (κ1) is 16.8. The maximum atomic E-state index is 13.8. The standard InChI is InChI=1S/C15H16F4N2O3/c16-8-6-12(24-14(18)19)9(17)5-11(8)21-15(22)20-10-3-4-23-13(10)7-1-2-7/h5-7,10,13-14H,1-4H2,(H2,20,21,22)/t10-,13-/m1/s1. The van der Waals surface area contributed by atoms with Crippen LogP contribution in [0.3, 0.4) is 0 Å². The summed E-state index contributed by atoms with van der Waals surface area (Å²) in [5.74, 6) is -2.78. The molecule has 0 radical (unpaired) electrons. The predicted molar refractivity (Wildman–Crippen MR) is 76.0 cm³/mol. The Morgan fingerprint density at radius 2 is 1.96 bits per heavy atom. The van der Waals surface area contributed by atoms with Crippen LogP contribution in [0, 0.1) is 17.6 Å². The molecule has 1 aromatic rings. The second-order valence-corrected chi connectivity index (χ2v) is 5.81. The molecule has 24 heavy (non-hydrogen) atoms. The lowest BCUT2D eigenvalue weighted by Crippen LogP contribution is -2.43. The monoisotopic (exact) mass is 348 g/mol. The number of amides is 2. The third-order valence-corrected chi connectivity index (χ3v) is 4.02. The third kappa shape index (κ3) is 3.89. The summed E-state index contributed by atoms with van der Waals surface area (Å²) in [5.41, 5.74) is -0.464. The molecule has 9 heteroatoms. The maximum Gasteiger partial charge on any atom is 0.387 e. The SMILES string of the molecule is O=C(Nc1cc(F)c(OC(F)F)cc1F)N[C@@H]1CCO[C@@H]1C1CC1. The van der Waals surface area contributed by atoms with Crippen LogP contribution < -0.4 is 15.4 Å². The molecule has 3 rings (SSSR count). The van der Waals surface area contributed by atoms with E-state index in [1.54, 1.807) is 0 Å². The largest absolute Gasteiger partial charge is 0.432 e. The van der Waals surface area contributed by atoms with Gasteiger partial charge in [-0.3, -0.25) is 0 Å². The normalized spacial score (nSPS) is 23.4. The third-order valence-electron chi connectivity index (χ3n) is 4.02. The van der Waals surface area contributed by atoms with E-state index in [9.17, 15) is 22.4 Å². The maximum absolute atomic E-state index is 13.8. The first-order valence-electron chi connectivity index (χ1n) is 7.57. The molecule has 2 aliphatic rings. The molecule has 1 aromatic carbocycles. The van der Waals surface area contributed by atoms with Crippen molar-refractivity contribution in [3.05, 3.63) is 23.8 Å². The molecule has 2 amide bonds. The first-order chi connectivity index (χ1) is 11.4. The number of carbonyl (C=O) groups is 1. The van der Waals surface area contributed by atoms with Crippen LogP contribution in [0.1, 0.15) is 19.3 Å². The Bertz CT molecular complexity index is 625. The minimum Gasteiger partial charge on any atom is -0.432 e. The van der Waals surface area contributed by atoms with E-state index < -0.39 is 35.7 Å². The molecule has 1 saturated heterocycles. The summed E-state index contributed by atoms with van der Waals surface area (Å²) in [6.07, 6.45) is 2.69. The Labute approximate surface area is 135 Å². The second-order valence-electron chi connectivity index (χ2n) is 5.81. The Morgan fingerprint density at radius 1 is 1.21 bits per heavy atom. The number of anilines is 1. The van der Waals surface area contributed by atoms with Crippen molar-refractivity contribution in [3.8, 4) is 5.75 Å². The molecule has 1 aliphatic carbocycles. The van der Waals surface area contributed by atoms with Gasteiger partial charge in [0.25, 0.3) is 0 Å². The summed E-state index contributed by atoms with van der Waals surface area (Å²) >= 11 is 0. The number of benzene rings is 1. The minimum atomic E-state index is -3.28. The Kier molecular flexibility index (Phi) is 4.79. The van der Waals surface area contributed by atoms with Crippen LogP contribution in [0.2, 0.25) is 0 Å². The topological polar surface area (TPSA) is 59.6 Å². The lowest BCUT2D eigenvalue weighted by Gasteiger charge is -2.20. The zero-order valence-electron chi connectivity index (χ0n) is 12.5. The van der Waals surface area contributed by atoms with Gasteiger partial charge in [0, 0.05) is 18.7 Å². The molecule has 2 fully saturated rings. The molecule has 0 spiro atoms. The molecule has 2 atom stereocenters. The van der Waals surface area contributed by atoms with Crippen molar-refractivity contribution in [2.45, 2.75) is 38.0 Å². The molecule has 1 heterocycles. The van der Waals surface area contributed by atoms with Crippen molar-refractivity contribution < 1.29 is 31.8 Å². The fourth-order valence-electron chi connectivity index (χ4n) is 2.79. The van der Waals surface area contributed by atoms with Crippen molar-refractivity contribution in [1.82, 2.24) is 5.32 Å². The quantitative estimate of drug-likeness (QED) is 0.803. The summed E-state index contributed by atoms with van der Waals surface area (Å²) < 4.78 is 61.0. The number of hydrogen-bond acceptors (Lipinski definition) is 3. The van der Waals surface area contributed by atoms with E-state index in [0.717, 1.165) is 12.8 Å². The lowest BCUT2D eigenvalue weighted by atomic mass is 10.1. The number of halogens is 4. The highest BCUT2D eigenvalue weighted by atomic mass is 19.3. The second kappa shape index (κ2) is 6.84. The molecule has 0 bridgehead atoms. The summed E-state index contributed by atoms with van der Waals surface area (Å²) in [7, 11) is 0. The van der Waals surface area contributed by atoms with Gasteiger partial charge < -0.3 is 20.1 Å². The number of nitrogens with one attached hydrogen (secondary N) is 2. The summed E-state index contributed by atoms with van der Waals surface area (Å²) in [6.45, 7) is -2.74. The van der Waals surface area contributed by atoms with Crippen LogP contribution in [-0.4, -0.2) is 31.4 Å². The minimum absolute atomic E-state index is 0.0563. The molecule has 1 aliphatic heterocycles. The van der Waals surface area contributed by atoms with Crippen LogP contribution in [0.15, 0.2) is 12.1 Å². The fraction of sp³-hybridized carbons (Fsp3) is 0.533. The van der Waals surface area contributed by atoms with E-state index >= 15 is 0 Å². The van der Waals surface area contributed by atoms with Gasteiger partial charge in [-0.1, -0.05) is 0 Å². The zero-order valence-corrected chi connectivity index (χ0v) is 12.5. The van der Waals surface area contributed by atoms with Crippen molar-refractivity contribution >= 4 is 11.7 Å². The Hall–Kier alpha value is -2.03. The van der Waals surface area contributed by atoms with E-state index in [0.29, 0.717) is 31.1 Å². The molecule has 132 valence electrons. The smallest absolute Gasteiger partial charge is 0.387 e. The van der Waals surface area contributed by atoms with Crippen LogP contribution in [0.4, 0.5) is 28.0 Å². The lowest BCUT2D eigenvalue weighted by molar-refractivity contribution is -0.0523. The van der Waals surface area contributed by atoms with Crippen molar-refractivity contribution in [2.24, 2.45) is 5.92 Å². The van der Waals surface area contributed by atoms with Gasteiger partial charge in [0.1, 0.15) is 0 Å². The molecule has 1 saturated carbocycles. The number of rotatable bonds is 5. The Morgan fingerprint density at radius 3 is 2.62 bits per heavy atom. The summed E-state index contributed by atoms with van der Waals surface area (Å²) in [6, 6.07) is 0.155. The zero-order chi connectivity index (χ0) is 17.3. The molecular formula is C15H16F4N2O3. The van der Waals surface area contributed by atoms with Crippen LogP contribution in [-0.2, 0) is 4.74 Å². The van der Waals surface area contributed by atoms with Crippen LogP contribution in [0.5, 0.6) is 5.75 Å². The summed E-state index contributed by atoms with van der Waals surface area (Å²) in [4.78, 5) is 12.0. The number of hydrogen-bond donors (Lipinski definition) is 2. The number of alkyl halides is 2. The molecule has 0 unspecified atom stereocenters. The van der Waals surface area contributed by atoms with Crippen LogP contribution in [0.25, 0.3) is 0 Å². The highest BCUT2D eigenvalue weighted by Gasteiger charge is 2.41. The van der Waals surface area contributed by atoms with Crippen LogP contribution >= 0.6 is 0 Å². The molecule has 2 N–H and O–H groups in total. The van der Waals surface area contributed by atoms with E-state index in [1.807, 2.05) is 0 Å². The average Bonchev–Trinajstić information content (AvgIpc) is 3.24. The first-order valence-corrected chi connectivity index (χ1v) is 7.57. The van der Waals surface area contributed by atoms with Gasteiger partial charge in [0.15, 0.2) is 17.4 Å². The number of ether oxygens (including phenoxy) is 2. The van der Waals surface area contributed by atoms with E-state index in [4.69, 9.17) is 4.74 Å². The van der Waals surface area contributed by atoms with E-state index in [1.165, 1.54) is 0 Å². The van der Waals surface area contributed by atoms with E-state index in [2.05, 4.69) is 15.4 Å². The molecular weight excluding hydrogens is 332 g/mol. The molecule has 0 aromatic heterocycles. The van der Waals surface area contributed by atoms with Gasteiger partial charge >= 0.3 is 12.6 Å². The van der Waals surface area contributed by atoms with Crippen molar-refractivity contribution in [1.29, 1.82) is 0 Å². The van der Waals surface area contributed by atoms with E-state index in [-0.39, 0.29) is 12.1 Å². The Balaban J connectivity index is 1.62. The number of urea groups is 1. The highest BCUT2D eigenvalue weighted by molar-refractivity contribution is 5.89. The fourth-order valence-corrected chi connectivity index (χ4v) is 2.79. The van der Waals surface area contributed by atoms with Gasteiger partial charge in [0.05, 0.1) is 17.8 Å². The molecule has 5 nitrogen and oxygen atoms in total. The van der Waals surface area contributed by atoms with Gasteiger partial charge in [-0.05, 0) is 25.2 Å². The van der Waals surface area contributed by atoms with Crippen molar-refractivity contribution in [2.75, 3.05) is 11.9 Å². The number of carbonyl (C=O) groups excluding carboxylic acids is 1. The van der Waals surface area contributed by atoms with Crippen molar-refractivity contribution in [3.63, 3.8) is 0 Å². The van der Waals surface area contributed by atoms with Gasteiger partial charge in [-0.25, -0.2) is 13.6 Å². The average molecular weight is 348 g/mol. The van der Waals surface area contributed by atoms with Gasteiger partial charge in [-0.2, -0.15) is 8.78 Å². The predicted octanol–water partition coefficient (Wildman–Crippen LogP) is 3.26. The van der Waals surface area contributed by atoms with Gasteiger partial charge in [-0.15, -0.1) is 0 Å². The van der Waals surface area contributed by atoms with Gasteiger partial charge in [0.2, 0.25) is 0 Å². The summed E-state index contributed by atoms with van der Waals surface area (Å²) in [5, 5.41) is 4.85.